The maximum atomic E-state index is 6.27. The number of hydrogen-bond donors (Lipinski definition) is 0. The Kier molecular flexibility index (Phi) is 12.1. The quantitative estimate of drug-likeness (QED) is 0.294. The number of rotatable bonds is 15. The molecular weight excluding hydrogens is 308 g/mol. The fourth-order valence-corrected chi connectivity index (χ4v) is 7.88. The van der Waals surface area contributed by atoms with Crippen LogP contribution in [0.15, 0.2) is 24.6 Å². The van der Waals surface area contributed by atoms with E-state index in [1.54, 1.807) is 0 Å². The van der Waals surface area contributed by atoms with Crippen molar-refractivity contribution >= 4 is 17.1 Å². The molecule has 0 aliphatic heterocycles. The van der Waals surface area contributed by atoms with E-state index >= 15 is 0 Å². The van der Waals surface area contributed by atoms with Crippen LogP contribution in [0.4, 0.5) is 0 Å². The maximum Gasteiger partial charge on any atom is 0.352 e. The van der Waals surface area contributed by atoms with Crippen LogP contribution in [0, 0.1) is 0 Å². The predicted molar refractivity (Wildman–Crippen MR) is 100 cm³/mol. The van der Waals surface area contributed by atoms with Crippen molar-refractivity contribution in [2.45, 2.75) is 71.9 Å². The molecule has 2 atom stereocenters. The lowest BCUT2D eigenvalue weighted by molar-refractivity contribution is 0.199. The van der Waals surface area contributed by atoms with Crippen molar-refractivity contribution < 1.29 is 13.0 Å². The average Bonchev–Trinajstić information content (AvgIpc) is 2.52. The van der Waals surface area contributed by atoms with E-state index in [1.807, 2.05) is 24.5 Å². The van der Waals surface area contributed by atoms with E-state index in [1.165, 1.54) is 32.1 Å². The minimum atomic E-state index is -2.38. The first-order chi connectivity index (χ1) is 10.4. The van der Waals surface area contributed by atoms with Gasteiger partial charge in [0.2, 0.25) is 0 Å². The Labute approximate surface area is 140 Å². The summed E-state index contributed by atoms with van der Waals surface area (Å²) >= 11 is 0. The predicted octanol–water partition coefficient (Wildman–Crippen LogP) is 5.40. The van der Waals surface area contributed by atoms with Crippen molar-refractivity contribution in [3.8, 4) is 0 Å². The maximum absolute atomic E-state index is 6.27. The summed E-state index contributed by atoms with van der Waals surface area (Å²) in [4.78, 5) is 0. The highest BCUT2D eigenvalue weighted by Gasteiger charge is 2.39. The highest BCUT2D eigenvalue weighted by molar-refractivity contribution is 6.84. The van der Waals surface area contributed by atoms with Crippen LogP contribution in [0.3, 0.4) is 0 Å². The fourth-order valence-electron chi connectivity index (χ4n) is 2.12. The molecule has 0 rings (SSSR count). The van der Waals surface area contributed by atoms with Crippen LogP contribution in [-0.2, 0) is 13.0 Å². The molecule has 5 heteroatoms. The molecule has 0 heterocycles. The topological polar surface area (TPSA) is 27.7 Å². The van der Waals surface area contributed by atoms with E-state index in [0.717, 1.165) is 19.4 Å². The van der Waals surface area contributed by atoms with Gasteiger partial charge in [-0.1, -0.05) is 57.4 Å². The smallest absolute Gasteiger partial charge is 0.352 e. The molecule has 0 aromatic heterocycles. The summed E-state index contributed by atoms with van der Waals surface area (Å²) in [5, 5.41) is 0. The molecule has 0 amide bonds. The highest BCUT2D eigenvalue weighted by Crippen LogP contribution is 2.19. The highest BCUT2D eigenvalue weighted by atomic mass is 28.5. The van der Waals surface area contributed by atoms with Crippen LogP contribution in [0.1, 0.15) is 58.8 Å². The van der Waals surface area contributed by atoms with Gasteiger partial charge in [0.1, 0.15) is 0 Å². The largest absolute Gasteiger partial charge is 0.409 e. The molecule has 0 saturated carbocycles. The van der Waals surface area contributed by atoms with Gasteiger partial charge < -0.3 is 13.0 Å². The molecule has 0 aliphatic carbocycles. The third-order valence-corrected chi connectivity index (χ3v) is 9.91. The third-order valence-electron chi connectivity index (χ3n) is 3.63. The molecule has 130 valence electrons. The zero-order chi connectivity index (χ0) is 16.9. The molecule has 0 bridgehead atoms. The molecule has 0 aliphatic rings. The molecule has 0 spiro atoms. The van der Waals surface area contributed by atoms with E-state index in [0.29, 0.717) is 6.61 Å². The minimum Gasteiger partial charge on any atom is -0.409 e. The van der Waals surface area contributed by atoms with Crippen molar-refractivity contribution in [1.29, 1.82) is 0 Å². The van der Waals surface area contributed by atoms with Gasteiger partial charge in [-0.05, 0) is 25.9 Å². The Morgan fingerprint density at radius 3 is 1.73 bits per heavy atom. The van der Waals surface area contributed by atoms with Gasteiger partial charge in [-0.15, -0.1) is 13.2 Å². The van der Waals surface area contributed by atoms with Crippen molar-refractivity contribution in [2.24, 2.45) is 0 Å². The lowest BCUT2D eigenvalue weighted by Gasteiger charge is -2.33. The van der Waals surface area contributed by atoms with E-state index < -0.39 is 17.1 Å². The van der Waals surface area contributed by atoms with Crippen LogP contribution in [-0.4, -0.2) is 30.3 Å². The zero-order valence-electron chi connectivity index (χ0n) is 15.2. The normalized spacial score (nSPS) is 16.7. The van der Waals surface area contributed by atoms with Crippen LogP contribution in [0.5, 0.6) is 0 Å². The number of hydrogen-bond acceptors (Lipinski definition) is 3. The molecule has 3 nitrogen and oxygen atoms in total. The Balaban J connectivity index is 4.21. The molecule has 0 radical (unpaired) electrons. The van der Waals surface area contributed by atoms with E-state index in [2.05, 4.69) is 27.0 Å². The monoisotopic (exact) mass is 344 g/mol. The molecule has 0 aromatic carbocycles. The summed E-state index contributed by atoms with van der Waals surface area (Å²) in [7, 11) is -4.73. The van der Waals surface area contributed by atoms with Gasteiger partial charge in [0, 0.05) is 13.2 Å². The second kappa shape index (κ2) is 12.2. The summed E-state index contributed by atoms with van der Waals surface area (Å²) < 4.78 is 18.2. The molecule has 2 unspecified atom stereocenters. The van der Waals surface area contributed by atoms with Gasteiger partial charge >= 0.3 is 17.1 Å². The van der Waals surface area contributed by atoms with Crippen LogP contribution in [0.2, 0.25) is 13.1 Å². The van der Waals surface area contributed by atoms with E-state index in [9.17, 15) is 0 Å². The molecule has 22 heavy (non-hydrogen) atoms. The van der Waals surface area contributed by atoms with Crippen molar-refractivity contribution in [2.75, 3.05) is 13.2 Å². The second-order valence-electron chi connectivity index (χ2n) is 6.01. The van der Waals surface area contributed by atoms with Gasteiger partial charge in [0.25, 0.3) is 0 Å². The minimum absolute atomic E-state index is 0.702. The van der Waals surface area contributed by atoms with E-state index in [4.69, 9.17) is 13.0 Å². The van der Waals surface area contributed by atoms with Gasteiger partial charge in [-0.25, -0.2) is 0 Å². The van der Waals surface area contributed by atoms with Crippen LogP contribution >= 0.6 is 0 Å². The summed E-state index contributed by atoms with van der Waals surface area (Å²) in [6.07, 6.45) is 8.54. The first-order valence-electron chi connectivity index (χ1n) is 8.70. The standard InChI is InChI=1S/C17H36O3Si2/c1-7-11-12-13-14-15-17-19-22(6,10-4)20-21(5,9-3)18-16-8-2/h9-10H,3-4,7-8,11-17H2,1-2,5-6H3. The van der Waals surface area contributed by atoms with Crippen molar-refractivity contribution in [3.63, 3.8) is 0 Å². The number of unbranched alkanes of at least 4 members (excludes halogenated alkanes) is 5. The third kappa shape index (κ3) is 9.74. The van der Waals surface area contributed by atoms with Gasteiger partial charge in [0.05, 0.1) is 0 Å². The SMILES string of the molecule is C=C[Si](C)(OCCC)O[Si](C)(C=C)OCCCCCCCC. The molecule has 0 saturated heterocycles. The van der Waals surface area contributed by atoms with Crippen LogP contribution in [0.25, 0.3) is 0 Å². The second-order valence-corrected chi connectivity index (χ2v) is 12.3. The lowest BCUT2D eigenvalue weighted by Crippen LogP contribution is -2.50. The fraction of sp³-hybridized carbons (Fsp3) is 0.765. The van der Waals surface area contributed by atoms with Gasteiger partial charge in [0.15, 0.2) is 0 Å². The first kappa shape index (κ1) is 21.8. The van der Waals surface area contributed by atoms with Gasteiger partial charge in [-0.3, -0.25) is 0 Å². The Hall–Kier alpha value is -0.206. The molecular formula is C17H36O3Si2. The first-order valence-corrected chi connectivity index (χ1v) is 13.5. The summed E-state index contributed by atoms with van der Waals surface area (Å²) in [5.74, 6) is 0. The molecule has 0 aromatic rings. The molecule has 0 N–H and O–H groups in total. The van der Waals surface area contributed by atoms with Crippen molar-refractivity contribution in [3.05, 3.63) is 24.6 Å². The Morgan fingerprint density at radius 1 is 0.727 bits per heavy atom. The molecule has 0 fully saturated rings. The summed E-state index contributed by atoms with van der Waals surface area (Å²) in [6.45, 7) is 17.7. The van der Waals surface area contributed by atoms with Gasteiger partial charge in [-0.2, -0.15) is 0 Å². The summed E-state index contributed by atoms with van der Waals surface area (Å²) in [5.41, 5.74) is 3.69. The van der Waals surface area contributed by atoms with Crippen LogP contribution < -0.4 is 0 Å². The Morgan fingerprint density at radius 2 is 1.23 bits per heavy atom. The zero-order valence-corrected chi connectivity index (χ0v) is 17.2. The van der Waals surface area contributed by atoms with Crippen molar-refractivity contribution in [1.82, 2.24) is 0 Å². The summed E-state index contributed by atoms with van der Waals surface area (Å²) in [6, 6.07) is 0. The average molecular weight is 345 g/mol. The Bertz CT molecular complexity index is 312. The van der Waals surface area contributed by atoms with E-state index in [-0.39, 0.29) is 0 Å². The lowest BCUT2D eigenvalue weighted by atomic mass is 10.1.